The molecule has 11 heavy (non-hydrogen) atoms. The van der Waals surface area contributed by atoms with E-state index < -0.39 is 0 Å². The van der Waals surface area contributed by atoms with Gasteiger partial charge in [-0.05, 0) is 18.6 Å². The van der Waals surface area contributed by atoms with E-state index in [1.54, 1.807) is 6.20 Å². The molecular formula is C8H8N2O. The fraction of sp³-hybridized carbons (Fsp3) is 0.250. The lowest BCUT2D eigenvalue weighted by Gasteiger charge is -1.85. The molecule has 0 spiro atoms. The Kier molecular flexibility index (Phi) is 1.35. The van der Waals surface area contributed by atoms with Crippen molar-refractivity contribution in [1.82, 2.24) is 10.1 Å². The summed E-state index contributed by atoms with van der Waals surface area (Å²) in [6.07, 6.45) is 2.61. The molecule has 3 heteroatoms. The van der Waals surface area contributed by atoms with Gasteiger partial charge in [-0.15, -0.1) is 0 Å². The van der Waals surface area contributed by atoms with E-state index in [0.717, 1.165) is 23.2 Å². The smallest absolute Gasteiger partial charge is 0.185 e. The maximum atomic E-state index is 5.03. The summed E-state index contributed by atoms with van der Waals surface area (Å²) in [5.41, 5.74) is 2.58. The second-order valence-corrected chi connectivity index (χ2v) is 2.33. The molecule has 0 amide bonds. The zero-order valence-electron chi connectivity index (χ0n) is 6.24. The molecule has 2 rings (SSSR count). The van der Waals surface area contributed by atoms with E-state index in [1.165, 1.54) is 0 Å². The molecule has 56 valence electrons. The maximum Gasteiger partial charge on any atom is 0.185 e. The highest BCUT2D eigenvalue weighted by atomic mass is 16.5. The normalized spacial score (nSPS) is 10.6. The summed E-state index contributed by atoms with van der Waals surface area (Å²) in [5, 5.41) is 3.88. The molecule has 0 fully saturated rings. The molecule has 0 radical (unpaired) electrons. The molecule has 0 N–H and O–H groups in total. The van der Waals surface area contributed by atoms with Gasteiger partial charge in [0.15, 0.2) is 5.58 Å². The number of nitrogens with zero attached hydrogens (tertiary/aromatic N) is 2. The quantitative estimate of drug-likeness (QED) is 0.618. The summed E-state index contributed by atoms with van der Waals surface area (Å²) in [5.74, 6) is 0. The van der Waals surface area contributed by atoms with Gasteiger partial charge in [0.25, 0.3) is 0 Å². The Balaban J connectivity index is 2.76. The lowest BCUT2D eigenvalue weighted by Crippen LogP contribution is -1.80. The number of hydrogen-bond donors (Lipinski definition) is 0. The van der Waals surface area contributed by atoms with Crippen molar-refractivity contribution in [2.75, 3.05) is 0 Å². The molecule has 0 saturated carbocycles. The highest BCUT2D eigenvalue weighted by Gasteiger charge is 2.04. The number of pyridine rings is 1. The van der Waals surface area contributed by atoms with E-state index in [0.29, 0.717) is 0 Å². The number of hydrogen-bond acceptors (Lipinski definition) is 3. The van der Waals surface area contributed by atoms with Gasteiger partial charge in [-0.3, -0.25) is 4.98 Å². The van der Waals surface area contributed by atoms with Crippen LogP contribution in [0.15, 0.2) is 22.9 Å². The largest absolute Gasteiger partial charge is 0.354 e. The van der Waals surface area contributed by atoms with E-state index in [1.807, 2.05) is 19.1 Å². The average Bonchev–Trinajstić information content (AvgIpc) is 2.47. The molecule has 0 unspecified atom stereocenters. The summed E-state index contributed by atoms with van der Waals surface area (Å²) >= 11 is 0. The van der Waals surface area contributed by atoms with Crippen molar-refractivity contribution in [2.45, 2.75) is 13.3 Å². The van der Waals surface area contributed by atoms with Crippen LogP contribution in [0.3, 0.4) is 0 Å². The van der Waals surface area contributed by atoms with E-state index in [-0.39, 0.29) is 0 Å². The number of aryl methyl sites for hydroxylation is 1. The summed E-state index contributed by atoms with van der Waals surface area (Å²) in [6, 6.07) is 3.71. The van der Waals surface area contributed by atoms with Crippen molar-refractivity contribution in [1.29, 1.82) is 0 Å². The monoisotopic (exact) mass is 148 g/mol. The van der Waals surface area contributed by atoms with Crippen LogP contribution >= 0.6 is 0 Å². The predicted molar refractivity (Wildman–Crippen MR) is 41.2 cm³/mol. The third-order valence-electron chi connectivity index (χ3n) is 1.63. The summed E-state index contributed by atoms with van der Waals surface area (Å²) in [4.78, 5) is 4.16. The van der Waals surface area contributed by atoms with Gasteiger partial charge in [0.1, 0.15) is 11.2 Å². The van der Waals surface area contributed by atoms with Crippen molar-refractivity contribution in [3.63, 3.8) is 0 Å². The van der Waals surface area contributed by atoms with Crippen molar-refractivity contribution in [3.05, 3.63) is 24.0 Å². The fourth-order valence-corrected chi connectivity index (χ4v) is 1.06. The van der Waals surface area contributed by atoms with Gasteiger partial charge in [-0.25, -0.2) is 0 Å². The van der Waals surface area contributed by atoms with Crippen LogP contribution < -0.4 is 0 Å². The highest BCUT2D eigenvalue weighted by Crippen LogP contribution is 2.14. The van der Waals surface area contributed by atoms with Crippen LogP contribution in [-0.2, 0) is 6.42 Å². The molecule has 0 aliphatic rings. The minimum atomic E-state index is 0.768. The van der Waals surface area contributed by atoms with Crippen LogP contribution in [0.5, 0.6) is 0 Å². The standard InChI is InChI=1S/C8H8N2O/c1-2-6-8-7(11-10-6)4-3-5-9-8/h3-5H,2H2,1H3. The maximum absolute atomic E-state index is 5.03. The molecule has 0 saturated heterocycles. The van der Waals surface area contributed by atoms with Gasteiger partial charge in [0, 0.05) is 6.20 Å². The lowest BCUT2D eigenvalue weighted by atomic mass is 10.3. The zero-order valence-corrected chi connectivity index (χ0v) is 6.24. The first kappa shape index (κ1) is 6.34. The molecule has 2 aromatic rings. The minimum absolute atomic E-state index is 0.768. The third-order valence-corrected chi connectivity index (χ3v) is 1.63. The van der Waals surface area contributed by atoms with Gasteiger partial charge < -0.3 is 4.52 Å². The molecule has 0 aliphatic heterocycles. The Bertz CT molecular complexity index is 367. The summed E-state index contributed by atoms with van der Waals surface area (Å²) in [6.45, 7) is 2.03. The Morgan fingerprint density at radius 2 is 2.45 bits per heavy atom. The Labute approximate surface area is 64.0 Å². The minimum Gasteiger partial charge on any atom is -0.354 e. The number of fused-ring (bicyclic) bond motifs is 1. The third kappa shape index (κ3) is 0.888. The van der Waals surface area contributed by atoms with Crippen LogP contribution in [0.2, 0.25) is 0 Å². The lowest BCUT2D eigenvalue weighted by molar-refractivity contribution is 0.447. The molecule has 3 nitrogen and oxygen atoms in total. The van der Waals surface area contributed by atoms with E-state index >= 15 is 0 Å². The SMILES string of the molecule is CCc1noc2cccnc12. The van der Waals surface area contributed by atoms with Crippen molar-refractivity contribution < 1.29 is 4.52 Å². The van der Waals surface area contributed by atoms with Crippen molar-refractivity contribution in [3.8, 4) is 0 Å². The van der Waals surface area contributed by atoms with Crippen molar-refractivity contribution in [2.24, 2.45) is 0 Å². The first-order chi connectivity index (χ1) is 5.42. The molecule has 0 aliphatic carbocycles. The first-order valence-corrected chi connectivity index (χ1v) is 3.61. The second kappa shape index (κ2) is 2.34. The van der Waals surface area contributed by atoms with E-state index in [2.05, 4.69) is 10.1 Å². The molecule has 0 atom stereocenters. The Hall–Kier alpha value is -1.38. The molecular weight excluding hydrogens is 140 g/mol. The van der Waals surface area contributed by atoms with Crippen LogP contribution in [0, 0.1) is 0 Å². The Morgan fingerprint density at radius 3 is 3.27 bits per heavy atom. The predicted octanol–water partition coefficient (Wildman–Crippen LogP) is 1.79. The van der Waals surface area contributed by atoms with Gasteiger partial charge in [-0.1, -0.05) is 12.1 Å². The summed E-state index contributed by atoms with van der Waals surface area (Å²) in [7, 11) is 0. The van der Waals surface area contributed by atoms with Gasteiger partial charge in [0.05, 0.1) is 0 Å². The molecule has 0 aromatic carbocycles. The van der Waals surface area contributed by atoms with E-state index in [9.17, 15) is 0 Å². The molecule has 2 heterocycles. The Morgan fingerprint density at radius 1 is 1.55 bits per heavy atom. The fourth-order valence-electron chi connectivity index (χ4n) is 1.06. The van der Waals surface area contributed by atoms with Gasteiger partial charge in [-0.2, -0.15) is 0 Å². The first-order valence-electron chi connectivity index (χ1n) is 3.61. The number of aromatic nitrogens is 2. The number of rotatable bonds is 1. The molecule has 0 bridgehead atoms. The van der Waals surface area contributed by atoms with Crippen LogP contribution in [0.1, 0.15) is 12.6 Å². The van der Waals surface area contributed by atoms with Crippen LogP contribution in [0.4, 0.5) is 0 Å². The van der Waals surface area contributed by atoms with Gasteiger partial charge in [0.2, 0.25) is 0 Å². The van der Waals surface area contributed by atoms with Crippen LogP contribution in [0.25, 0.3) is 11.1 Å². The highest BCUT2D eigenvalue weighted by molar-refractivity contribution is 5.73. The topological polar surface area (TPSA) is 38.9 Å². The van der Waals surface area contributed by atoms with Crippen LogP contribution in [-0.4, -0.2) is 10.1 Å². The second-order valence-electron chi connectivity index (χ2n) is 2.33. The van der Waals surface area contributed by atoms with Gasteiger partial charge >= 0.3 is 0 Å². The zero-order chi connectivity index (χ0) is 7.68. The summed E-state index contributed by atoms with van der Waals surface area (Å²) < 4.78 is 5.03. The average molecular weight is 148 g/mol. The molecule has 2 aromatic heterocycles. The van der Waals surface area contributed by atoms with Crippen molar-refractivity contribution >= 4 is 11.1 Å². The van der Waals surface area contributed by atoms with E-state index in [4.69, 9.17) is 4.52 Å².